The molecule has 0 aliphatic rings. The predicted octanol–water partition coefficient (Wildman–Crippen LogP) is 1.83. The van der Waals surface area contributed by atoms with Gasteiger partial charge in [-0.2, -0.15) is 0 Å². The molecular formula is C22H21N7O3. The number of fused-ring (bicyclic) bond motifs is 1. The highest BCUT2D eigenvalue weighted by Crippen LogP contribution is 2.22. The summed E-state index contributed by atoms with van der Waals surface area (Å²) in [6.45, 7) is 0.151. The number of nitrogens with zero attached hydrogens (tertiary/aromatic N) is 5. The van der Waals surface area contributed by atoms with Gasteiger partial charge in [0, 0.05) is 6.20 Å². The fourth-order valence-corrected chi connectivity index (χ4v) is 3.42. The molecule has 0 saturated carbocycles. The maximum atomic E-state index is 12.2. The summed E-state index contributed by atoms with van der Waals surface area (Å²) < 4.78 is 1.58. The second kappa shape index (κ2) is 9.75. The number of benzene rings is 2. The van der Waals surface area contributed by atoms with Gasteiger partial charge in [0.2, 0.25) is 5.91 Å². The Morgan fingerprint density at radius 1 is 1.09 bits per heavy atom. The molecule has 2 aromatic heterocycles. The molecule has 2 heterocycles. The molecule has 4 rings (SSSR count). The summed E-state index contributed by atoms with van der Waals surface area (Å²) in [5, 5.41) is 22.2. The SMILES string of the molecule is O=C(C[C@@H](Cc1ccc2ccccc2c1)n1cc(CNC(=O)c2ccncn2)nn1)NO. The first-order valence-electron chi connectivity index (χ1n) is 9.98. The first-order chi connectivity index (χ1) is 15.6. The number of hydrogen-bond acceptors (Lipinski definition) is 7. The van der Waals surface area contributed by atoms with Crippen LogP contribution in [-0.2, 0) is 17.8 Å². The lowest BCUT2D eigenvalue weighted by Crippen LogP contribution is -2.25. The van der Waals surface area contributed by atoms with Crippen molar-refractivity contribution >= 4 is 22.6 Å². The highest BCUT2D eigenvalue weighted by atomic mass is 16.5. The Labute approximate surface area is 183 Å². The largest absolute Gasteiger partial charge is 0.345 e. The first kappa shape index (κ1) is 21.1. The van der Waals surface area contributed by atoms with E-state index in [1.54, 1.807) is 16.4 Å². The van der Waals surface area contributed by atoms with Crippen LogP contribution >= 0.6 is 0 Å². The van der Waals surface area contributed by atoms with Crippen molar-refractivity contribution in [1.82, 2.24) is 35.8 Å². The van der Waals surface area contributed by atoms with Gasteiger partial charge in [-0.1, -0.05) is 47.7 Å². The number of nitrogens with one attached hydrogen (secondary N) is 2. The Hall–Kier alpha value is -4.18. The fourth-order valence-electron chi connectivity index (χ4n) is 3.42. The molecule has 2 aromatic carbocycles. The van der Waals surface area contributed by atoms with Crippen molar-refractivity contribution in [3.63, 3.8) is 0 Å². The summed E-state index contributed by atoms with van der Waals surface area (Å²) in [7, 11) is 0. The molecule has 32 heavy (non-hydrogen) atoms. The molecule has 2 amide bonds. The van der Waals surface area contributed by atoms with Crippen LogP contribution in [0.2, 0.25) is 0 Å². The number of amides is 2. The van der Waals surface area contributed by atoms with Gasteiger partial charge in [0.15, 0.2) is 0 Å². The topological polar surface area (TPSA) is 135 Å². The van der Waals surface area contributed by atoms with Gasteiger partial charge in [-0.05, 0) is 28.8 Å². The highest BCUT2D eigenvalue weighted by molar-refractivity contribution is 5.91. The number of aromatic nitrogens is 5. The molecule has 0 spiro atoms. The van der Waals surface area contributed by atoms with Crippen molar-refractivity contribution in [2.45, 2.75) is 25.4 Å². The van der Waals surface area contributed by atoms with Crippen LogP contribution in [0.5, 0.6) is 0 Å². The molecule has 0 fully saturated rings. The van der Waals surface area contributed by atoms with E-state index in [1.165, 1.54) is 18.6 Å². The Balaban J connectivity index is 1.48. The molecule has 0 bridgehead atoms. The predicted molar refractivity (Wildman–Crippen MR) is 114 cm³/mol. The van der Waals surface area contributed by atoms with Crippen molar-refractivity contribution in [2.75, 3.05) is 0 Å². The second-order valence-corrected chi connectivity index (χ2v) is 7.25. The minimum absolute atomic E-state index is 0.0133. The van der Waals surface area contributed by atoms with E-state index in [0.717, 1.165) is 16.3 Å². The lowest BCUT2D eigenvalue weighted by molar-refractivity contribution is -0.130. The van der Waals surface area contributed by atoms with Crippen molar-refractivity contribution in [3.05, 3.63) is 84.2 Å². The zero-order chi connectivity index (χ0) is 22.3. The monoisotopic (exact) mass is 431 g/mol. The van der Waals surface area contributed by atoms with Crippen LogP contribution in [0.25, 0.3) is 10.8 Å². The van der Waals surface area contributed by atoms with Gasteiger partial charge in [-0.15, -0.1) is 5.10 Å². The van der Waals surface area contributed by atoms with Crippen molar-refractivity contribution < 1.29 is 14.8 Å². The lowest BCUT2D eigenvalue weighted by atomic mass is 10.00. The molecular weight excluding hydrogens is 410 g/mol. The zero-order valence-corrected chi connectivity index (χ0v) is 17.0. The molecule has 4 aromatic rings. The Bertz CT molecular complexity index is 1230. The maximum absolute atomic E-state index is 12.2. The maximum Gasteiger partial charge on any atom is 0.270 e. The second-order valence-electron chi connectivity index (χ2n) is 7.25. The third-order valence-electron chi connectivity index (χ3n) is 5.01. The summed E-state index contributed by atoms with van der Waals surface area (Å²) in [6.07, 6.45) is 4.99. The third-order valence-corrected chi connectivity index (χ3v) is 5.01. The fraction of sp³-hybridized carbons (Fsp3) is 0.182. The molecule has 0 unspecified atom stereocenters. The van der Waals surface area contributed by atoms with Crippen LogP contribution in [-0.4, -0.2) is 42.0 Å². The summed E-state index contributed by atoms with van der Waals surface area (Å²) in [6, 6.07) is 15.3. The van der Waals surface area contributed by atoms with E-state index in [1.807, 2.05) is 36.4 Å². The first-order valence-corrected chi connectivity index (χ1v) is 9.98. The van der Waals surface area contributed by atoms with Crippen molar-refractivity contribution in [3.8, 4) is 0 Å². The van der Waals surface area contributed by atoms with Gasteiger partial charge in [-0.3, -0.25) is 14.8 Å². The summed E-state index contributed by atoms with van der Waals surface area (Å²) in [5.41, 5.74) is 3.48. The summed E-state index contributed by atoms with van der Waals surface area (Å²) >= 11 is 0. The molecule has 162 valence electrons. The smallest absolute Gasteiger partial charge is 0.270 e. The Morgan fingerprint density at radius 3 is 2.72 bits per heavy atom. The van der Waals surface area contributed by atoms with E-state index in [9.17, 15) is 9.59 Å². The van der Waals surface area contributed by atoms with Gasteiger partial charge < -0.3 is 5.32 Å². The van der Waals surface area contributed by atoms with Crippen LogP contribution in [0.4, 0.5) is 0 Å². The number of carbonyl (C=O) groups excluding carboxylic acids is 2. The van der Waals surface area contributed by atoms with Gasteiger partial charge in [-0.25, -0.2) is 20.1 Å². The van der Waals surface area contributed by atoms with Crippen LogP contribution in [0, 0.1) is 0 Å². The summed E-state index contributed by atoms with van der Waals surface area (Å²) in [4.78, 5) is 31.7. The molecule has 10 nitrogen and oxygen atoms in total. The van der Waals surface area contributed by atoms with Crippen LogP contribution < -0.4 is 10.8 Å². The minimum Gasteiger partial charge on any atom is -0.345 e. The minimum atomic E-state index is -0.523. The van der Waals surface area contributed by atoms with E-state index in [0.29, 0.717) is 12.1 Å². The third kappa shape index (κ3) is 5.10. The molecule has 0 aliphatic heterocycles. The normalized spacial score (nSPS) is 11.8. The van der Waals surface area contributed by atoms with Gasteiger partial charge >= 0.3 is 0 Å². The average Bonchev–Trinajstić information content (AvgIpc) is 3.31. The lowest BCUT2D eigenvalue weighted by Gasteiger charge is -2.16. The number of hydrogen-bond donors (Lipinski definition) is 3. The Morgan fingerprint density at radius 2 is 1.94 bits per heavy atom. The van der Waals surface area contributed by atoms with Gasteiger partial charge in [0.1, 0.15) is 17.7 Å². The molecule has 0 saturated heterocycles. The highest BCUT2D eigenvalue weighted by Gasteiger charge is 2.19. The number of hydroxylamine groups is 1. The van der Waals surface area contributed by atoms with Crippen LogP contribution in [0.1, 0.15) is 34.2 Å². The number of carbonyl (C=O) groups is 2. The van der Waals surface area contributed by atoms with E-state index in [2.05, 4.69) is 31.7 Å². The molecule has 1 atom stereocenters. The van der Waals surface area contributed by atoms with E-state index < -0.39 is 5.91 Å². The van der Waals surface area contributed by atoms with Gasteiger partial charge in [0.25, 0.3) is 5.91 Å². The van der Waals surface area contributed by atoms with Crippen molar-refractivity contribution in [2.24, 2.45) is 0 Å². The summed E-state index contributed by atoms with van der Waals surface area (Å²) in [5.74, 6) is -0.876. The van der Waals surface area contributed by atoms with Crippen molar-refractivity contribution in [1.29, 1.82) is 0 Å². The van der Waals surface area contributed by atoms with Gasteiger partial charge in [0.05, 0.1) is 25.2 Å². The van der Waals surface area contributed by atoms with E-state index in [4.69, 9.17) is 5.21 Å². The molecule has 10 heteroatoms. The van der Waals surface area contributed by atoms with Crippen LogP contribution in [0.15, 0.2) is 67.3 Å². The average molecular weight is 431 g/mol. The Kier molecular flexibility index (Phi) is 6.42. The van der Waals surface area contributed by atoms with E-state index >= 15 is 0 Å². The zero-order valence-electron chi connectivity index (χ0n) is 17.0. The number of rotatable bonds is 8. The molecule has 0 aliphatic carbocycles. The molecule has 0 radical (unpaired) electrons. The van der Waals surface area contributed by atoms with Crippen LogP contribution in [0.3, 0.4) is 0 Å². The quantitative estimate of drug-likeness (QED) is 0.286. The molecule has 3 N–H and O–H groups in total. The van der Waals surface area contributed by atoms with E-state index in [-0.39, 0.29) is 30.6 Å². The standard InChI is InChI=1S/C22H21N7O3/c30-21(27-32)11-19(10-15-5-6-16-3-1-2-4-17(16)9-15)29-13-18(26-28-29)12-24-22(31)20-7-8-23-14-25-20/h1-9,13-14,19,32H,10-12H2,(H,24,31)(H,27,30)/t19-/m1/s1.